The quantitative estimate of drug-likeness (QED) is 0.811. The van der Waals surface area contributed by atoms with Crippen LogP contribution in [0.5, 0.6) is 5.75 Å². The van der Waals surface area contributed by atoms with E-state index in [4.69, 9.17) is 5.11 Å². The molecule has 5 heteroatoms. The standard InChI is InChI=1S/C7H7BrO3S/c8-5-12(10,11)7-3-1-2-6(9)4-7/h1-4,9H,5H2. The van der Waals surface area contributed by atoms with Gasteiger partial charge in [0.2, 0.25) is 0 Å². The van der Waals surface area contributed by atoms with E-state index in [-0.39, 0.29) is 15.3 Å². The lowest BCUT2D eigenvalue weighted by Crippen LogP contribution is -2.00. The third kappa shape index (κ3) is 1.98. The van der Waals surface area contributed by atoms with E-state index in [1.165, 1.54) is 24.3 Å². The van der Waals surface area contributed by atoms with Gasteiger partial charge in [0.05, 0.1) is 4.90 Å². The summed E-state index contributed by atoms with van der Waals surface area (Å²) in [6.45, 7) is 0. The molecule has 0 bridgehead atoms. The molecule has 0 aliphatic heterocycles. The first-order valence-electron chi connectivity index (χ1n) is 3.14. The van der Waals surface area contributed by atoms with Gasteiger partial charge in [-0.2, -0.15) is 0 Å². The molecule has 3 nitrogen and oxygen atoms in total. The summed E-state index contributed by atoms with van der Waals surface area (Å²) in [7, 11) is -3.26. The van der Waals surface area contributed by atoms with Crippen LogP contribution in [0.15, 0.2) is 29.2 Å². The number of phenols is 1. The van der Waals surface area contributed by atoms with Crippen molar-refractivity contribution in [3.8, 4) is 5.75 Å². The van der Waals surface area contributed by atoms with Gasteiger partial charge in [0.15, 0.2) is 9.84 Å². The first-order valence-corrected chi connectivity index (χ1v) is 5.91. The van der Waals surface area contributed by atoms with Crippen molar-refractivity contribution in [3.05, 3.63) is 24.3 Å². The van der Waals surface area contributed by atoms with Crippen LogP contribution in [-0.4, -0.2) is 18.2 Å². The summed E-state index contributed by atoms with van der Waals surface area (Å²) < 4.78 is 22.3. The van der Waals surface area contributed by atoms with Gasteiger partial charge in [0, 0.05) is 0 Å². The van der Waals surface area contributed by atoms with Crippen molar-refractivity contribution in [3.63, 3.8) is 0 Å². The van der Waals surface area contributed by atoms with E-state index in [2.05, 4.69) is 15.9 Å². The summed E-state index contributed by atoms with van der Waals surface area (Å²) in [5.41, 5.74) is 0. The number of hydrogen-bond donors (Lipinski definition) is 1. The molecule has 0 saturated heterocycles. The van der Waals surface area contributed by atoms with Crippen molar-refractivity contribution < 1.29 is 13.5 Å². The number of rotatable bonds is 2. The lowest BCUT2D eigenvalue weighted by molar-refractivity contribution is 0.473. The summed E-state index contributed by atoms with van der Waals surface area (Å²) in [5, 5.41) is 8.99. The molecule has 66 valence electrons. The van der Waals surface area contributed by atoms with Gasteiger partial charge in [0.25, 0.3) is 0 Å². The monoisotopic (exact) mass is 250 g/mol. The van der Waals surface area contributed by atoms with Crippen LogP contribution in [-0.2, 0) is 9.84 Å². The number of halogens is 1. The maximum absolute atomic E-state index is 11.2. The lowest BCUT2D eigenvalue weighted by Gasteiger charge is -1.99. The minimum absolute atomic E-state index is 0.0444. The minimum Gasteiger partial charge on any atom is -0.508 e. The van der Waals surface area contributed by atoms with E-state index in [9.17, 15) is 8.42 Å². The smallest absolute Gasteiger partial charge is 0.188 e. The van der Waals surface area contributed by atoms with E-state index >= 15 is 0 Å². The molecule has 0 heterocycles. The molecule has 1 aromatic carbocycles. The SMILES string of the molecule is O=S(=O)(CBr)c1cccc(O)c1. The molecule has 1 aromatic rings. The van der Waals surface area contributed by atoms with Crippen molar-refractivity contribution in [1.29, 1.82) is 0 Å². The average Bonchev–Trinajstić information content (AvgIpc) is 2.05. The van der Waals surface area contributed by atoms with Gasteiger partial charge in [-0.15, -0.1) is 0 Å². The second-order valence-corrected chi connectivity index (χ2v) is 5.51. The summed E-state index contributed by atoms with van der Waals surface area (Å²) in [5.74, 6) is -0.0444. The van der Waals surface area contributed by atoms with Crippen LogP contribution in [0.4, 0.5) is 0 Å². The molecular formula is C7H7BrO3S. The van der Waals surface area contributed by atoms with E-state index in [1.807, 2.05) is 0 Å². The number of aromatic hydroxyl groups is 1. The fraction of sp³-hybridized carbons (Fsp3) is 0.143. The van der Waals surface area contributed by atoms with E-state index in [1.54, 1.807) is 0 Å². The number of benzene rings is 1. The molecule has 0 aliphatic carbocycles. The summed E-state index contributed by atoms with van der Waals surface area (Å²) in [6, 6.07) is 5.57. The summed E-state index contributed by atoms with van der Waals surface area (Å²) in [6.07, 6.45) is 0. The Morgan fingerprint density at radius 3 is 2.58 bits per heavy atom. The van der Waals surface area contributed by atoms with Crippen LogP contribution in [0.1, 0.15) is 0 Å². The third-order valence-electron chi connectivity index (χ3n) is 1.32. The molecule has 0 aromatic heterocycles. The van der Waals surface area contributed by atoms with Gasteiger partial charge in [0.1, 0.15) is 10.4 Å². The maximum atomic E-state index is 11.2. The molecule has 0 radical (unpaired) electrons. The molecule has 0 atom stereocenters. The van der Waals surface area contributed by atoms with Crippen molar-refractivity contribution in [2.24, 2.45) is 0 Å². The van der Waals surface area contributed by atoms with Crippen molar-refractivity contribution >= 4 is 25.8 Å². The predicted molar refractivity (Wildman–Crippen MR) is 49.1 cm³/mol. The average molecular weight is 251 g/mol. The Bertz CT molecular complexity index is 372. The maximum Gasteiger partial charge on any atom is 0.188 e. The minimum atomic E-state index is -3.26. The Kier molecular flexibility index (Phi) is 2.74. The second kappa shape index (κ2) is 3.45. The van der Waals surface area contributed by atoms with Gasteiger partial charge in [-0.05, 0) is 18.2 Å². The highest BCUT2D eigenvalue weighted by molar-refractivity contribution is 9.10. The van der Waals surface area contributed by atoms with Gasteiger partial charge in [-0.25, -0.2) is 8.42 Å². The molecule has 0 saturated carbocycles. The Morgan fingerprint density at radius 2 is 2.08 bits per heavy atom. The zero-order valence-electron chi connectivity index (χ0n) is 6.07. The molecule has 0 fully saturated rings. The van der Waals surface area contributed by atoms with Gasteiger partial charge >= 0.3 is 0 Å². The van der Waals surface area contributed by atoms with E-state index in [0.717, 1.165) is 0 Å². The topological polar surface area (TPSA) is 54.4 Å². The van der Waals surface area contributed by atoms with Gasteiger partial charge in [-0.1, -0.05) is 22.0 Å². The third-order valence-corrected chi connectivity index (χ3v) is 4.39. The zero-order valence-corrected chi connectivity index (χ0v) is 8.47. The lowest BCUT2D eigenvalue weighted by atomic mass is 10.3. The van der Waals surface area contributed by atoms with Crippen LogP contribution < -0.4 is 0 Å². The molecule has 1 rings (SSSR count). The largest absolute Gasteiger partial charge is 0.508 e. The zero-order chi connectivity index (χ0) is 9.19. The van der Waals surface area contributed by atoms with Gasteiger partial charge in [-0.3, -0.25) is 0 Å². The first kappa shape index (κ1) is 9.54. The van der Waals surface area contributed by atoms with Crippen molar-refractivity contribution in [2.45, 2.75) is 4.90 Å². The fourth-order valence-corrected chi connectivity index (χ4v) is 2.25. The Morgan fingerprint density at radius 1 is 1.42 bits per heavy atom. The normalized spacial score (nSPS) is 11.4. The van der Waals surface area contributed by atoms with Crippen LogP contribution in [0, 0.1) is 0 Å². The first-order chi connectivity index (χ1) is 5.56. The molecule has 0 spiro atoms. The van der Waals surface area contributed by atoms with Gasteiger partial charge < -0.3 is 5.11 Å². The number of phenolic OH excluding ortho intramolecular Hbond substituents is 1. The van der Waals surface area contributed by atoms with Crippen molar-refractivity contribution in [1.82, 2.24) is 0 Å². The molecule has 1 N–H and O–H groups in total. The fourth-order valence-electron chi connectivity index (χ4n) is 0.740. The number of sulfone groups is 1. The molecule has 0 unspecified atom stereocenters. The highest BCUT2D eigenvalue weighted by atomic mass is 79.9. The highest BCUT2D eigenvalue weighted by Crippen LogP contribution is 2.17. The Hall–Kier alpha value is -0.550. The van der Waals surface area contributed by atoms with Crippen molar-refractivity contribution in [2.75, 3.05) is 4.66 Å². The molecular weight excluding hydrogens is 244 g/mol. The van der Waals surface area contributed by atoms with Crippen LogP contribution in [0.3, 0.4) is 0 Å². The van der Waals surface area contributed by atoms with Crippen LogP contribution in [0.25, 0.3) is 0 Å². The molecule has 12 heavy (non-hydrogen) atoms. The van der Waals surface area contributed by atoms with Crippen LogP contribution in [0.2, 0.25) is 0 Å². The molecule has 0 aliphatic rings. The van der Waals surface area contributed by atoms with Crippen LogP contribution >= 0.6 is 15.9 Å². The predicted octanol–water partition coefficient (Wildman–Crippen LogP) is 1.52. The number of hydrogen-bond acceptors (Lipinski definition) is 3. The highest BCUT2D eigenvalue weighted by Gasteiger charge is 2.11. The Balaban J connectivity index is 3.21. The Labute approximate surface area is 79.1 Å². The second-order valence-electron chi connectivity index (χ2n) is 2.22. The summed E-state index contributed by atoms with van der Waals surface area (Å²) in [4.78, 5) is 0.124. The molecule has 0 amide bonds. The number of alkyl halides is 1. The van der Waals surface area contributed by atoms with E-state index in [0.29, 0.717) is 0 Å². The summed E-state index contributed by atoms with van der Waals surface area (Å²) >= 11 is 2.86. The van der Waals surface area contributed by atoms with E-state index < -0.39 is 9.84 Å².